The maximum atomic E-state index is 12.6. The summed E-state index contributed by atoms with van der Waals surface area (Å²) in [6.45, 7) is -0.155. The Balaban J connectivity index is 1.31. The van der Waals surface area contributed by atoms with E-state index in [0.717, 1.165) is 0 Å². The summed E-state index contributed by atoms with van der Waals surface area (Å²) < 4.78 is 22.0. The highest BCUT2D eigenvalue weighted by Crippen LogP contribution is 2.26. The third-order valence-electron chi connectivity index (χ3n) is 5.09. The number of nitrogens with one attached hydrogen (secondary N) is 2. The van der Waals surface area contributed by atoms with Crippen molar-refractivity contribution >= 4 is 23.2 Å². The summed E-state index contributed by atoms with van der Waals surface area (Å²) in [5.74, 6) is 1.09. The second-order valence-corrected chi connectivity index (χ2v) is 7.69. The van der Waals surface area contributed by atoms with E-state index in [1.807, 2.05) is 0 Å². The van der Waals surface area contributed by atoms with Crippen molar-refractivity contribution in [3.8, 4) is 23.3 Å². The number of para-hydroxylation sites is 3. The molecule has 0 aliphatic rings. The molecule has 0 bridgehead atoms. The van der Waals surface area contributed by atoms with Gasteiger partial charge in [0.05, 0.1) is 12.7 Å². The number of hydrogen-bond acceptors (Lipinski definition) is 7. The van der Waals surface area contributed by atoms with E-state index in [0.29, 0.717) is 39.9 Å². The molecule has 2 N–H and O–H groups in total. The zero-order valence-corrected chi connectivity index (χ0v) is 19.9. The summed E-state index contributed by atoms with van der Waals surface area (Å²) in [6.07, 6.45) is 0. The Morgan fingerprint density at radius 2 is 1.54 bits per heavy atom. The highest BCUT2D eigenvalue weighted by atomic mass is 16.5. The first-order valence-electron chi connectivity index (χ1n) is 11.2. The Morgan fingerprint density at radius 3 is 2.30 bits per heavy atom. The van der Waals surface area contributed by atoms with E-state index >= 15 is 0 Å². The van der Waals surface area contributed by atoms with Gasteiger partial charge >= 0.3 is 0 Å². The van der Waals surface area contributed by atoms with Crippen LogP contribution in [-0.2, 0) is 11.4 Å². The minimum absolute atomic E-state index is 0.0599. The lowest BCUT2D eigenvalue weighted by molar-refractivity contribution is -0.118. The van der Waals surface area contributed by atoms with Gasteiger partial charge in [-0.05, 0) is 54.6 Å². The molecule has 9 heteroatoms. The molecular weight excluding hydrogens is 474 g/mol. The number of nitrogens with zero attached hydrogens (tertiary/aromatic N) is 1. The molecule has 37 heavy (non-hydrogen) atoms. The largest absolute Gasteiger partial charge is 0.493 e. The topological polar surface area (TPSA) is 123 Å². The lowest BCUT2D eigenvalue weighted by Gasteiger charge is -2.11. The van der Waals surface area contributed by atoms with Gasteiger partial charge in [-0.25, -0.2) is 0 Å². The van der Waals surface area contributed by atoms with E-state index in [-0.39, 0.29) is 24.9 Å². The number of anilines is 2. The smallest absolute Gasteiger partial charge is 0.291 e. The van der Waals surface area contributed by atoms with E-state index < -0.39 is 5.91 Å². The van der Waals surface area contributed by atoms with Gasteiger partial charge in [0, 0.05) is 11.4 Å². The Kier molecular flexibility index (Phi) is 8.04. The van der Waals surface area contributed by atoms with Crippen LogP contribution >= 0.6 is 0 Å². The van der Waals surface area contributed by atoms with Crippen LogP contribution in [0.5, 0.6) is 17.2 Å². The SMILES string of the molecule is COc1ccccc1OCC(=O)Nc1cccc(NC(=O)c2ccc(COc3ccccc3C#N)o2)c1. The summed E-state index contributed by atoms with van der Waals surface area (Å²) in [4.78, 5) is 25.0. The third-order valence-corrected chi connectivity index (χ3v) is 5.09. The molecular formula is C28H23N3O6. The van der Waals surface area contributed by atoms with E-state index in [9.17, 15) is 9.59 Å². The molecule has 1 heterocycles. The van der Waals surface area contributed by atoms with Gasteiger partial charge in [-0.3, -0.25) is 9.59 Å². The Morgan fingerprint density at radius 1 is 0.838 bits per heavy atom. The summed E-state index contributed by atoms with van der Waals surface area (Å²) in [7, 11) is 1.52. The second kappa shape index (κ2) is 12.0. The summed E-state index contributed by atoms with van der Waals surface area (Å²) in [6, 6.07) is 25.8. The number of amides is 2. The predicted molar refractivity (Wildman–Crippen MR) is 136 cm³/mol. The van der Waals surface area contributed by atoms with Crippen LogP contribution < -0.4 is 24.8 Å². The number of rotatable bonds is 10. The fourth-order valence-corrected chi connectivity index (χ4v) is 3.36. The van der Waals surface area contributed by atoms with Crippen molar-refractivity contribution in [1.29, 1.82) is 5.26 Å². The van der Waals surface area contributed by atoms with Gasteiger partial charge in [0.1, 0.15) is 24.2 Å². The molecule has 186 valence electrons. The van der Waals surface area contributed by atoms with Gasteiger partial charge in [0.15, 0.2) is 23.9 Å². The maximum absolute atomic E-state index is 12.6. The standard InChI is InChI=1S/C28H23N3O6/c1-34-24-11-4-5-12-25(24)36-18-27(32)30-20-8-6-9-21(15-20)31-28(33)26-14-13-22(37-26)17-35-23-10-3-2-7-19(23)16-29/h2-15H,17-18H2,1H3,(H,30,32)(H,31,33). The van der Waals surface area contributed by atoms with Crippen molar-refractivity contribution in [2.45, 2.75) is 6.61 Å². The molecule has 0 saturated heterocycles. The van der Waals surface area contributed by atoms with Crippen molar-refractivity contribution in [3.63, 3.8) is 0 Å². The average Bonchev–Trinajstić information content (AvgIpc) is 3.40. The molecule has 0 spiro atoms. The molecule has 0 radical (unpaired) electrons. The number of carbonyl (C=O) groups excluding carboxylic acids is 2. The van der Waals surface area contributed by atoms with Crippen LogP contribution in [0.4, 0.5) is 11.4 Å². The second-order valence-electron chi connectivity index (χ2n) is 7.69. The lowest BCUT2D eigenvalue weighted by atomic mass is 10.2. The van der Waals surface area contributed by atoms with Crippen LogP contribution in [0.3, 0.4) is 0 Å². The van der Waals surface area contributed by atoms with E-state index in [1.165, 1.54) is 13.2 Å². The third kappa shape index (κ3) is 6.68. The predicted octanol–water partition coefficient (Wildman–Crippen LogP) is 5.01. The summed E-state index contributed by atoms with van der Waals surface area (Å²) in [5.41, 5.74) is 1.35. The molecule has 1 aromatic heterocycles. The fourth-order valence-electron chi connectivity index (χ4n) is 3.36. The lowest BCUT2D eigenvalue weighted by Crippen LogP contribution is -2.20. The van der Waals surface area contributed by atoms with E-state index in [1.54, 1.807) is 78.9 Å². The molecule has 0 aliphatic carbocycles. The monoisotopic (exact) mass is 497 g/mol. The minimum Gasteiger partial charge on any atom is -0.493 e. The Hall–Kier alpha value is -5.23. The molecule has 0 saturated carbocycles. The number of methoxy groups -OCH3 is 1. The highest BCUT2D eigenvalue weighted by Gasteiger charge is 2.14. The molecule has 9 nitrogen and oxygen atoms in total. The van der Waals surface area contributed by atoms with Crippen LogP contribution in [0, 0.1) is 11.3 Å². The number of benzene rings is 3. The number of carbonyl (C=O) groups is 2. The van der Waals surface area contributed by atoms with Crippen molar-refractivity contribution in [2.24, 2.45) is 0 Å². The van der Waals surface area contributed by atoms with Crippen molar-refractivity contribution in [2.75, 3.05) is 24.4 Å². The van der Waals surface area contributed by atoms with Crippen LogP contribution in [0.2, 0.25) is 0 Å². The van der Waals surface area contributed by atoms with E-state index in [4.69, 9.17) is 23.9 Å². The minimum atomic E-state index is -0.466. The molecule has 4 aromatic rings. The first-order chi connectivity index (χ1) is 18.1. The van der Waals surface area contributed by atoms with Crippen molar-refractivity contribution in [3.05, 3.63) is 102 Å². The van der Waals surface area contributed by atoms with Crippen LogP contribution in [0.15, 0.2) is 89.3 Å². The number of furan rings is 1. The Labute approximate surface area is 213 Å². The van der Waals surface area contributed by atoms with E-state index in [2.05, 4.69) is 16.7 Å². The quantitative estimate of drug-likeness (QED) is 0.316. The molecule has 2 amide bonds. The van der Waals surface area contributed by atoms with Crippen LogP contribution in [0.1, 0.15) is 21.9 Å². The normalized spacial score (nSPS) is 10.2. The van der Waals surface area contributed by atoms with Gasteiger partial charge in [-0.2, -0.15) is 5.26 Å². The maximum Gasteiger partial charge on any atom is 0.291 e. The summed E-state index contributed by atoms with van der Waals surface area (Å²) in [5, 5.41) is 14.6. The Bertz CT molecular complexity index is 1440. The molecule has 3 aromatic carbocycles. The van der Waals surface area contributed by atoms with Gasteiger partial charge in [-0.15, -0.1) is 0 Å². The number of ether oxygens (including phenoxy) is 3. The van der Waals surface area contributed by atoms with Crippen molar-refractivity contribution < 1.29 is 28.2 Å². The van der Waals surface area contributed by atoms with Crippen LogP contribution in [-0.4, -0.2) is 25.5 Å². The zero-order valence-electron chi connectivity index (χ0n) is 19.9. The van der Waals surface area contributed by atoms with Crippen LogP contribution in [0.25, 0.3) is 0 Å². The van der Waals surface area contributed by atoms with Gasteiger partial charge in [-0.1, -0.05) is 30.3 Å². The molecule has 4 rings (SSSR count). The highest BCUT2D eigenvalue weighted by molar-refractivity contribution is 6.02. The zero-order chi connectivity index (χ0) is 26.0. The molecule has 0 aliphatic heterocycles. The summed E-state index contributed by atoms with van der Waals surface area (Å²) >= 11 is 0. The molecule has 0 atom stereocenters. The average molecular weight is 498 g/mol. The number of hydrogen-bond donors (Lipinski definition) is 2. The molecule has 0 fully saturated rings. The first-order valence-corrected chi connectivity index (χ1v) is 11.2. The van der Waals surface area contributed by atoms with Gasteiger partial charge < -0.3 is 29.3 Å². The fraction of sp³-hybridized carbons (Fsp3) is 0.107. The van der Waals surface area contributed by atoms with Gasteiger partial charge in [0.2, 0.25) is 0 Å². The van der Waals surface area contributed by atoms with Crippen molar-refractivity contribution in [1.82, 2.24) is 0 Å². The number of nitriles is 1. The molecule has 0 unspecified atom stereocenters. The van der Waals surface area contributed by atoms with Gasteiger partial charge in [0.25, 0.3) is 11.8 Å². The first kappa shape index (κ1) is 24.9.